The maximum Gasteiger partial charge on any atom is 0.0774 e. The van der Waals surface area contributed by atoms with Gasteiger partial charge in [-0.05, 0) is 35.6 Å². The number of imidazole rings is 1. The second kappa shape index (κ2) is 5.70. The van der Waals surface area contributed by atoms with E-state index in [-0.39, 0.29) is 20.1 Å². The molecule has 119 valence electrons. The van der Waals surface area contributed by atoms with E-state index < -0.39 is 0 Å². The minimum absolute atomic E-state index is 0. The van der Waals surface area contributed by atoms with Crippen molar-refractivity contribution in [2.24, 2.45) is 0 Å². The molecule has 0 fully saturated rings. The second-order valence-electron chi connectivity index (χ2n) is 5.88. The van der Waals surface area contributed by atoms with E-state index in [0.29, 0.717) is 0 Å². The molecule has 24 heavy (non-hydrogen) atoms. The molecule has 0 N–H and O–H groups in total. The van der Waals surface area contributed by atoms with E-state index in [0.717, 1.165) is 28.5 Å². The van der Waals surface area contributed by atoms with Gasteiger partial charge in [0, 0.05) is 25.6 Å². The van der Waals surface area contributed by atoms with E-state index in [1.54, 1.807) is 0 Å². The van der Waals surface area contributed by atoms with E-state index in [1.165, 1.54) is 21.9 Å². The molecule has 1 radical (unpaired) electrons. The molecular formula is C21H15IrN2-. The average Bonchev–Trinajstić information content (AvgIpc) is 3.01. The van der Waals surface area contributed by atoms with Gasteiger partial charge in [0.15, 0.2) is 0 Å². The number of aryl methyl sites for hydroxylation is 1. The molecular weight excluding hydrogens is 472 g/mol. The molecule has 0 unspecified atom stereocenters. The number of hydrogen-bond acceptors (Lipinski definition) is 1. The van der Waals surface area contributed by atoms with Crippen molar-refractivity contribution >= 4 is 38.4 Å². The van der Waals surface area contributed by atoms with Gasteiger partial charge in [0.1, 0.15) is 0 Å². The first-order valence-corrected chi connectivity index (χ1v) is 7.99. The fourth-order valence-corrected chi connectivity index (χ4v) is 3.65. The van der Waals surface area contributed by atoms with Crippen molar-refractivity contribution in [1.82, 2.24) is 9.38 Å². The fraction of sp³-hybridized carbons (Fsp3) is 0.0952. The molecule has 2 nitrogen and oxygen atoms in total. The first kappa shape index (κ1) is 15.3. The van der Waals surface area contributed by atoms with Crippen LogP contribution in [0.25, 0.3) is 38.4 Å². The van der Waals surface area contributed by atoms with Gasteiger partial charge in [-0.2, -0.15) is 0 Å². The number of rotatable bonds is 1. The van der Waals surface area contributed by atoms with Gasteiger partial charge in [0.2, 0.25) is 0 Å². The molecule has 2 aromatic heterocycles. The second-order valence-corrected chi connectivity index (χ2v) is 5.88. The standard InChI is InChI=1S/C21H15N2.Ir/c1-2-14-8-7-13-19-20(14)15-9-3-4-10-16(15)21-22-17-11-5-6-12-18(17)23(19)21;/h3-9,11-13H,2H2,1H3;/q-1;. The number of pyridine rings is 1. The molecule has 3 aromatic carbocycles. The number of hydrogen-bond donors (Lipinski definition) is 0. The number of nitrogens with zero attached hydrogens (tertiary/aromatic N) is 2. The summed E-state index contributed by atoms with van der Waals surface area (Å²) in [5, 5.41) is 3.65. The van der Waals surface area contributed by atoms with Gasteiger partial charge in [0.25, 0.3) is 0 Å². The van der Waals surface area contributed by atoms with Crippen molar-refractivity contribution in [3.05, 3.63) is 72.3 Å². The number of para-hydroxylation sites is 2. The Hall–Kier alpha value is -2.22. The Kier molecular flexibility index (Phi) is 3.63. The zero-order valence-electron chi connectivity index (χ0n) is 13.2. The summed E-state index contributed by atoms with van der Waals surface area (Å²) in [4.78, 5) is 4.88. The Morgan fingerprint density at radius 3 is 2.67 bits per heavy atom. The number of fused-ring (bicyclic) bond motifs is 8. The minimum Gasteiger partial charge on any atom is -0.333 e. The van der Waals surface area contributed by atoms with Gasteiger partial charge < -0.3 is 4.40 Å². The Morgan fingerprint density at radius 1 is 0.958 bits per heavy atom. The minimum atomic E-state index is 0. The van der Waals surface area contributed by atoms with Crippen LogP contribution < -0.4 is 0 Å². The smallest absolute Gasteiger partial charge is 0.0774 e. The zero-order valence-corrected chi connectivity index (χ0v) is 15.6. The summed E-state index contributed by atoms with van der Waals surface area (Å²) in [6, 6.07) is 24.5. The van der Waals surface area contributed by atoms with Crippen molar-refractivity contribution in [3.8, 4) is 0 Å². The van der Waals surface area contributed by atoms with E-state index in [2.05, 4.69) is 65.9 Å². The molecule has 5 rings (SSSR count). The quantitative estimate of drug-likeness (QED) is 0.236. The fourth-order valence-electron chi connectivity index (χ4n) is 3.65. The van der Waals surface area contributed by atoms with Crippen LogP contribution in [0.3, 0.4) is 0 Å². The molecule has 2 heterocycles. The number of aromatic nitrogens is 2. The van der Waals surface area contributed by atoms with Crippen LogP contribution >= 0.6 is 0 Å². The Bertz CT molecular complexity index is 1200. The van der Waals surface area contributed by atoms with Gasteiger partial charge in [0.05, 0.1) is 16.7 Å². The van der Waals surface area contributed by atoms with Crippen molar-refractivity contribution in [1.29, 1.82) is 0 Å². The van der Waals surface area contributed by atoms with Crippen LogP contribution in [0.2, 0.25) is 0 Å². The predicted octanol–water partition coefficient (Wildman–Crippen LogP) is 5.15. The van der Waals surface area contributed by atoms with Crippen LogP contribution in [-0.2, 0) is 26.5 Å². The van der Waals surface area contributed by atoms with E-state index >= 15 is 0 Å². The Labute approximate surface area is 153 Å². The van der Waals surface area contributed by atoms with Crippen LogP contribution in [0.1, 0.15) is 12.5 Å². The average molecular weight is 488 g/mol. The van der Waals surface area contributed by atoms with Crippen LogP contribution in [0, 0.1) is 6.07 Å². The molecule has 0 bridgehead atoms. The normalized spacial score (nSPS) is 11.4. The first-order chi connectivity index (χ1) is 11.4. The third-order valence-corrected chi connectivity index (χ3v) is 4.66. The molecule has 0 atom stereocenters. The molecule has 0 aliphatic heterocycles. The molecule has 0 spiro atoms. The van der Waals surface area contributed by atoms with Crippen LogP contribution in [-0.4, -0.2) is 9.38 Å². The van der Waals surface area contributed by atoms with E-state index in [4.69, 9.17) is 4.98 Å². The molecule has 0 saturated carbocycles. The third-order valence-electron chi connectivity index (χ3n) is 4.66. The van der Waals surface area contributed by atoms with Crippen LogP contribution in [0.5, 0.6) is 0 Å². The summed E-state index contributed by atoms with van der Waals surface area (Å²) in [5.41, 5.74) is 5.76. The Morgan fingerprint density at radius 2 is 1.79 bits per heavy atom. The molecule has 0 aliphatic carbocycles. The number of benzene rings is 3. The largest absolute Gasteiger partial charge is 0.333 e. The molecule has 5 aromatic rings. The third kappa shape index (κ3) is 1.95. The van der Waals surface area contributed by atoms with Gasteiger partial charge in [-0.15, -0.1) is 29.7 Å². The van der Waals surface area contributed by atoms with Crippen molar-refractivity contribution in [2.45, 2.75) is 13.3 Å². The summed E-state index contributed by atoms with van der Waals surface area (Å²) in [6.07, 6.45) is 1.01. The molecule has 0 saturated heterocycles. The topological polar surface area (TPSA) is 17.3 Å². The summed E-state index contributed by atoms with van der Waals surface area (Å²) in [7, 11) is 0. The summed E-state index contributed by atoms with van der Waals surface area (Å²) >= 11 is 0. The van der Waals surface area contributed by atoms with E-state index in [9.17, 15) is 0 Å². The molecule has 0 aliphatic rings. The van der Waals surface area contributed by atoms with Gasteiger partial charge >= 0.3 is 0 Å². The van der Waals surface area contributed by atoms with Crippen LogP contribution in [0.4, 0.5) is 0 Å². The summed E-state index contributed by atoms with van der Waals surface area (Å²) in [6.45, 7) is 2.21. The van der Waals surface area contributed by atoms with Gasteiger partial charge in [-0.1, -0.05) is 36.6 Å². The van der Waals surface area contributed by atoms with Crippen molar-refractivity contribution < 1.29 is 20.1 Å². The van der Waals surface area contributed by atoms with Crippen LogP contribution in [0.15, 0.2) is 60.7 Å². The predicted molar refractivity (Wildman–Crippen MR) is 95.9 cm³/mol. The molecule has 0 amide bonds. The Balaban J connectivity index is 0.00000146. The maximum absolute atomic E-state index is 4.88. The van der Waals surface area contributed by atoms with Crippen molar-refractivity contribution in [3.63, 3.8) is 0 Å². The SMILES string of the molecule is CCc1cccc2c1c1ccc[c-]c1c1nc3ccccc3n21.[Ir]. The first-order valence-electron chi connectivity index (χ1n) is 7.99. The van der Waals surface area contributed by atoms with E-state index in [1.807, 2.05) is 12.1 Å². The van der Waals surface area contributed by atoms with Gasteiger partial charge in [-0.25, -0.2) is 0 Å². The summed E-state index contributed by atoms with van der Waals surface area (Å²) < 4.78 is 2.28. The monoisotopic (exact) mass is 488 g/mol. The van der Waals surface area contributed by atoms with Gasteiger partial charge in [-0.3, -0.25) is 4.98 Å². The van der Waals surface area contributed by atoms with Crippen molar-refractivity contribution in [2.75, 3.05) is 0 Å². The zero-order chi connectivity index (χ0) is 15.4. The molecule has 3 heteroatoms. The maximum atomic E-state index is 4.88. The summed E-state index contributed by atoms with van der Waals surface area (Å²) in [5.74, 6) is 0.